The zero-order chi connectivity index (χ0) is 25.5. The number of hydrogen-bond acceptors (Lipinski definition) is 6. The van der Waals surface area contributed by atoms with E-state index in [1.54, 1.807) is 6.33 Å². The van der Waals surface area contributed by atoms with Crippen LogP contribution in [-0.2, 0) is 11.3 Å². The van der Waals surface area contributed by atoms with Crippen molar-refractivity contribution in [3.63, 3.8) is 0 Å². The number of benzene rings is 2. The van der Waals surface area contributed by atoms with Crippen LogP contribution in [-0.4, -0.2) is 61.6 Å². The average molecular weight is 508 g/mol. The predicted octanol–water partition coefficient (Wildman–Crippen LogP) is 4.89. The number of hydrogen-bond donors (Lipinski definition) is 1. The fraction of sp³-hybridized carbons (Fsp3) is 0.367. The third-order valence-electron chi connectivity index (χ3n) is 8.33. The molecule has 1 aliphatic carbocycles. The molecule has 5 aromatic rings. The van der Waals surface area contributed by atoms with Crippen LogP contribution in [0.15, 0.2) is 67.1 Å². The van der Waals surface area contributed by atoms with Gasteiger partial charge in [-0.3, -0.25) is 4.90 Å². The second kappa shape index (κ2) is 9.85. The summed E-state index contributed by atoms with van der Waals surface area (Å²) < 4.78 is 9.97. The molecule has 3 aromatic heterocycles. The highest BCUT2D eigenvalue weighted by atomic mass is 16.5. The summed E-state index contributed by atoms with van der Waals surface area (Å²) in [5, 5.41) is 7.19. The van der Waals surface area contributed by atoms with Gasteiger partial charge in [-0.05, 0) is 49.4 Å². The van der Waals surface area contributed by atoms with E-state index in [0.29, 0.717) is 17.9 Å². The highest BCUT2D eigenvalue weighted by Crippen LogP contribution is 2.37. The van der Waals surface area contributed by atoms with E-state index in [1.165, 1.54) is 29.3 Å². The highest BCUT2D eigenvalue weighted by molar-refractivity contribution is 6.00. The number of anilines is 1. The van der Waals surface area contributed by atoms with E-state index < -0.39 is 0 Å². The SMILES string of the molecule is Nc1ncnc2c1c(-c1ccc3c(ccn3Cc3ccccc3)c1)nn2C1CCC(N2CCOCC2)CC1. The predicted molar refractivity (Wildman–Crippen MR) is 150 cm³/mol. The first-order valence-corrected chi connectivity index (χ1v) is 13.7. The van der Waals surface area contributed by atoms with E-state index in [0.717, 1.165) is 68.0 Å². The quantitative estimate of drug-likeness (QED) is 0.364. The molecule has 2 fully saturated rings. The van der Waals surface area contributed by atoms with Crippen molar-refractivity contribution in [3.05, 3.63) is 72.7 Å². The van der Waals surface area contributed by atoms with E-state index in [9.17, 15) is 0 Å². The number of fused-ring (bicyclic) bond motifs is 2. The number of rotatable bonds is 5. The van der Waals surface area contributed by atoms with E-state index >= 15 is 0 Å². The molecule has 1 saturated carbocycles. The normalized spacial score (nSPS) is 20.8. The second-order valence-corrected chi connectivity index (χ2v) is 10.6. The number of nitrogens with zero attached hydrogens (tertiary/aromatic N) is 6. The Bertz CT molecular complexity index is 1560. The molecule has 0 unspecified atom stereocenters. The minimum Gasteiger partial charge on any atom is -0.383 e. The molecule has 4 heterocycles. The van der Waals surface area contributed by atoms with Gasteiger partial charge in [0, 0.05) is 48.3 Å². The minimum absolute atomic E-state index is 0.313. The fourth-order valence-corrected chi connectivity index (χ4v) is 6.33. The first kappa shape index (κ1) is 23.4. The van der Waals surface area contributed by atoms with Gasteiger partial charge in [-0.15, -0.1) is 0 Å². The maximum atomic E-state index is 6.43. The summed E-state index contributed by atoms with van der Waals surface area (Å²) in [6.45, 7) is 4.63. The van der Waals surface area contributed by atoms with Crippen LogP contribution in [0.2, 0.25) is 0 Å². The summed E-state index contributed by atoms with van der Waals surface area (Å²) in [4.78, 5) is 11.6. The number of nitrogens with two attached hydrogens (primary N) is 1. The Morgan fingerprint density at radius 2 is 1.68 bits per heavy atom. The van der Waals surface area contributed by atoms with Crippen molar-refractivity contribution in [1.29, 1.82) is 0 Å². The summed E-state index contributed by atoms with van der Waals surface area (Å²) in [5.41, 5.74) is 11.7. The van der Waals surface area contributed by atoms with Gasteiger partial charge in [-0.1, -0.05) is 36.4 Å². The Balaban J connectivity index is 1.20. The zero-order valence-electron chi connectivity index (χ0n) is 21.5. The van der Waals surface area contributed by atoms with Crippen molar-refractivity contribution in [2.24, 2.45) is 0 Å². The van der Waals surface area contributed by atoms with Gasteiger partial charge in [0.05, 0.1) is 24.6 Å². The molecule has 0 amide bonds. The molecule has 0 atom stereocenters. The Morgan fingerprint density at radius 1 is 0.895 bits per heavy atom. The van der Waals surface area contributed by atoms with Gasteiger partial charge >= 0.3 is 0 Å². The number of ether oxygens (including phenoxy) is 1. The maximum absolute atomic E-state index is 6.43. The molecule has 1 aliphatic heterocycles. The van der Waals surface area contributed by atoms with Crippen LogP contribution in [0.5, 0.6) is 0 Å². The molecule has 2 aromatic carbocycles. The number of aromatic nitrogens is 5. The van der Waals surface area contributed by atoms with E-state index in [1.807, 2.05) is 0 Å². The fourth-order valence-electron chi connectivity index (χ4n) is 6.33. The third kappa shape index (κ3) is 4.23. The van der Waals surface area contributed by atoms with Crippen molar-refractivity contribution >= 4 is 27.8 Å². The lowest BCUT2D eigenvalue weighted by atomic mass is 9.90. The summed E-state index contributed by atoms with van der Waals surface area (Å²) in [6.07, 6.45) is 8.23. The van der Waals surface area contributed by atoms with Crippen LogP contribution in [0.25, 0.3) is 33.2 Å². The largest absolute Gasteiger partial charge is 0.383 e. The van der Waals surface area contributed by atoms with Gasteiger partial charge in [0.2, 0.25) is 0 Å². The standard InChI is InChI=1S/C30H33N7O/c31-29-27-28(23-6-11-26-22(18-23)12-13-36(26)19-21-4-2-1-3-5-21)34-37(30(27)33-20-32-29)25-9-7-24(8-10-25)35-14-16-38-17-15-35/h1-6,11-13,18,20,24-25H,7-10,14-17,19H2,(H2,31,32,33). The molecular weight excluding hydrogens is 474 g/mol. The molecule has 2 N–H and O–H groups in total. The van der Waals surface area contributed by atoms with Crippen LogP contribution in [0.3, 0.4) is 0 Å². The van der Waals surface area contributed by atoms with Gasteiger partial charge in [0.15, 0.2) is 5.65 Å². The molecule has 0 spiro atoms. The van der Waals surface area contributed by atoms with Crippen LogP contribution in [0, 0.1) is 0 Å². The number of nitrogen functional groups attached to an aromatic ring is 1. The first-order valence-electron chi connectivity index (χ1n) is 13.7. The van der Waals surface area contributed by atoms with Gasteiger partial charge < -0.3 is 15.0 Å². The van der Waals surface area contributed by atoms with Crippen molar-refractivity contribution < 1.29 is 4.74 Å². The Labute approximate surface area is 222 Å². The zero-order valence-corrected chi connectivity index (χ0v) is 21.5. The van der Waals surface area contributed by atoms with Crippen molar-refractivity contribution in [3.8, 4) is 11.3 Å². The Morgan fingerprint density at radius 3 is 2.50 bits per heavy atom. The lowest BCUT2D eigenvalue weighted by molar-refractivity contribution is 0.00520. The Hall–Kier alpha value is -3.75. The van der Waals surface area contributed by atoms with Gasteiger partial charge in [0.25, 0.3) is 0 Å². The highest BCUT2D eigenvalue weighted by Gasteiger charge is 2.30. The third-order valence-corrected chi connectivity index (χ3v) is 8.33. The van der Waals surface area contributed by atoms with Gasteiger partial charge in [-0.25, -0.2) is 14.6 Å². The van der Waals surface area contributed by atoms with Crippen molar-refractivity contribution in [2.75, 3.05) is 32.0 Å². The molecule has 194 valence electrons. The van der Waals surface area contributed by atoms with E-state index in [-0.39, 0.29) is 0 Å². The van der Waals surface area contributed by atoms with Crippen LogP contribution >= 0.6 is 0 Å². The molecule has 8 nitrogen and oxygen atoms in total. The Kier molecular flexibility index (Phi) is 6.06. The van der Waals surface area contributed by atoms with Crippen LogP contribution < -0.4 is 5.73 Å². The summed E-state index contributed by atoms with van der Waals surface area (Å²) >= 11 is 0. The molecular formula is C30H33N7O. The molecule has 0 bridgehead atoms. The smallest absolute Gasteiger partial charge is 0.164 e. The van der Waals surface area contributed by atoms with Crippen molar-refractivity contribution in [2.45, 2.75) is 44.3 Å². The lowest BCUT2D eigenvalue weighted by Gasteiger charge is -2.38. The minimum atomic E-state index is 0.313. The molecule has 8 heteroatoms. The molecule has 7 rings (SSSR count). The van der Waals surface area contributed by atoms with Crippen molar-refractivity contribution in [1.82, 2.24) is 29.2 Å². The number of morpholine rings is 1. The lowest BCUT2D eigenvalue weighted by Crippen LogP contribution is -2.45. The van der Waals surface area contributed by atoms with Gasteiger partial charge in [0.1, 0.15) is 17.8 Å². The van der Waals surface area contributed by atoms with Crippen LogP contribution in [0.1, 0.15) is 37.3 Å². The van der Waals surface area contributed by atoms with E-state index in [4.69, 9.17) is 15.6 Å². The molecule has 0 radical (unpaired) electrons. The monoisotopic (exact) mass is 507 g/mol. The average Bonchev–Trinajstić information content (AvgIpc) is 3.56. The second-order valence-electron chi connectivity index (χ2n) is 10.6. The molecule has 2 aliphatic rings. The van der Waals surface area contributed by atoms with Crippen LogP contribution in [0.4, 0.5) is 5.82 Å². The van der Waals surface area contributed by atoms with E-state index in [2.05, 4.69) is 84.9 Å². The first-order chi connectivity index (χ1) is 18.7. The molecule has 1 saturated heterocycles. The summed E-state index contributed by atoms with van der Waals surface area (Å²) in [5.74, 6) is 0.486. The van der Waals surface area contributed by atoms with Gasteiger partial charge in [-0.2, -0.15) is 5.10 Å². The topological polar surface area (TPSA) is 87.0 Å². The molecule has 38 heavy (non-hydrogen) atoms. The maximum Gasteiger partial charge on any atom is 0.164 e. The summed E-state index contributed by atoms with van der Waals surface area (Å²) in [6, 6.07) is 20.2. The summed E-state index contributed by atoms with van der Waals surface area (Å²) in [7, 11) is 0.